The van der Waals surface area contributed by atoms with Crippen LogP contribution in [0.4, 0.5) is 5.69 Å². The van der Waals surface area contributed by atoms with E-state index in [1.54, 1.807) is 18.2 Å². The van der Waals surface area contributed by atoms with Crippen LogP contribution in [0.3, 0.4) is 0 Å². The van der Waals surface area contributed by atoms with Crippen molar-refractivity contribution < 1.29 is 19.3 Å². The molecule has 2 N–H and O–H groups in total. The molecule has 5 heteroatoms. The smallest absolute Gasteiger partial charge is 0.355 e. The molecule has 0 atom stereocenters. The Hall–Kier alpha value is -1.91. The maximum Gasteiger partial charge on any atom is 0.355 e. The zero-order chi connectivity index (χ0) is 12.0. The molecule has 1 rings (SSSR count). The SMILES string of the molecule is CCCC(=O)OOc1ccc(N)cc1OC. The van der Waals surface area contributed by atoms with Crippen molar-refractivity contribution in [1.82, 2.24) is 0 Å². The van der Waals surface area contributed by atoms with E-state index in [0.717, 1.165) is 0 Å². The molecular formula is C11H15NO4. The fourth-order valence-electron chi connectivity index (χ4n) is 1.09. The highest BCUT2D eigenvalue weighted by Gasteiger charge is 2.09. The predicted molar refractivity (Wildman–Crippen MR) is 59.0 cm³/mol. The van der Waals surface area contributed by atoms with Crippen LogP contribution in [0.15, 0.2) is 18.2 Å². The van der Waals surface area contributed by atoms with Crippen molar-refractivity contribution >= 4 is 11.7 Å². The van der Waals surface area contributed by atoms with Crippen molar-refractivity contribution in [2.45, 2.75) is 19.8 Å². The van der Waals surface area contributed by atoms with E-state index in [9.17, 15) is 4.79 Å². The first-order chi connectivity index (χ1) is 7.67. The highest BCUT2D eigenvalue weighted by atomic mass is 17.2. The fourth-order valence-corrected chi connectivity index (χ4v) is 1.09. The van der Waals surface area contributed by atoms with Gasteiger partial charge in [-0.1, -0.05) is 6.92 Å². The Labute approximate surface area is 94.0 Å². The molecule has 88 valence electrons. The Morgan fingerprint density at radius 3 is 2.75 bits per heavy atom. The molecule has 0 radical (unpaired) electrons. The summed E-state index contributed by atoms with van der Waals surface area (Å²) in [6, 6.07) is 4.79. The summed E-state index contributed by atoms with van der Waals surface area (Å²) >= 11 is 0. The molecule has 0 saturated carbocycles. The van der Waals surface area contributed by atoms with Gasteiger partial charge in [0.1, 0.15) is 0 Å². The molecule has 1 aromatic carbocycles. The van der Waals surface area contributed by atoms with Gasteiger partial charge in [-0.25, -0.2) is 4.79 Å². The first-order valence-electron chi connectivity index (χ1n) is 4.98. The first kappa shape index (κ1) is 12.2. The first-order valence-corrected chi connectivity index (χ1v) is 4.98. The summed E-state index contributed by atoms with van der Waals surface area (Å²) in [5, 5.41) is 0. The summed E-state index contributed by atoms with van der Waals surface area (Å²) < 4.78 is 5.02. The van der Waals surface area contributed by atoms with Gasteiger partial charge >= 0.3 is 5.97 Å². The van der Waals surface area contributed by atoms with E-state index in [1.807, 2.05) is 6.92 Å². The lowest BCUT2D eigenvalue weighted by Gasteiger charge is -2.08. The van der Waals surface area contributed by atoms with E-state index in [1.165, 1.54) is 7.11 Å². The third-order valence-electron chi connectivity index (χ3n) is 1.87. The second-order valence-corrected chi connectivity index (χ2v) is 3.20. The summed E-state index contributed by atoms with van der Waals surface area (Å²) in [6.07, 6.45) is 1.03. The molecule has 0 fully saturated rings. The maximum absolute atomic E-state index is 11.1. The van der Waals surface area contributed by atoms with Gasteiger partial charge in [-0.3, -0.25) is 9.78 Å². The van der Waals surface area contributed by atoms with Crippen LogP contribution < -0.4 is 15.4 Å². The van der Waals surface area contributed by atoms with Gasteiger partial charge in [-0.15, -0.1) is 0 Å². The van der Waals surface area contributed by atoms with Crippen LogP contribution in [0.2, 0.25) is 0 Å². The number of ether oxygens (including phenoxy) is 1. The largest absolute Gasteiger partial charge is 0.493 e. The van der Waals surface area contributed by atoms with Crippen molar-refractivity contribution in [3.05, 3.63) is 18.2 Å². The molecule has 0 unspecified atom stereocenters. The second-order valence-electron chi connectivity index (χ2n) is 3.20. The molecule has 5 nitrogen and oxygen atoms in total. The normalized spacial score (nSPS) is 9.62. The Balaban J connectivity index is 2.63. The minimum Gasteiger partial charge on any atom is -0.493 e. The molecule has 0 aliphatic carbocycles. The number of methoxy groups -OCH3 is 1. The van der Waals surface area contributed by atoms with E-state index >= 15 is 0 Å². The Morgan fingerprint density at radius 1 is 1.38 bits per heavy atom. The molecule has 1 aromatic rings. The van der Waals surface area contributed by atoms with Gasteiger partial charge < -0.3 is 10.5 Å². The highest BCUT2D eigenvalue weighted by molar-refractivity contribution is 5.68. The zero-order valence-corrected chi connectivity index (χ0v) is 9.36. The van der Waals surface area contributed by atoms with Gasteiger partial charge in [0.25, 0.3) is 0 Å². The van der Waals surface area contributed by atoms with Crippen LogP contribution in [0.5, 0.6) is 11.5 Å². The molecule has 0 heterocycles. The zero-order valence-electron chi connectivity index (χ0n) is 9.36. The maximum atomic E-state index is 11.1. The molecule has 0 aliphatic heterocycles. The van der Waals surface area contributed by atoms with Crippen LogP contribution >= 0.6 is 0 Å². The molecule has 0 spiro atoms. The summed E-state index contributed by atoms with van der Waals surface area (Å²) in [6.45, 7) is 1.88. The van der Waals surface area contributed by atoms with Crippen LogP contribution in [-0.2, 0) is 9.68 Å². The standard InChI is InChI=1S/C11H15NO4/c1-3-4-11(13)16-15-9-6-5-8(12)7-10(9)14-2/h5-7H,3-4,12H2,1-2H3. The minimum absolute atomic E-state index is 0.317. The van der Waals surface area contributed by atoms with Crippen LogP contribution in [0.25, 0.3) is 0 Å². The fraction of sp³-hybridized carbons (Fsp3) is 0.364. The molecule has 0 bridgehead atoms. The number of rotatable bonds is 5. The van der Waals surface area contributed by atoms with Crippen LogP contribution in [0, 0.1) is 0 Å². The molecule has 0 saturated heterocycles. The average molecular weight is 225 g/mol. The number of hydrogen-bond donors (Lipinski definition) is 1. The molecule has 16 heavy (non-hydrogen) atoms. The van der Waals surface area contributed by atoms with E-state index in [2.05, 4.69) is 4.89 Å². The number of anilines is 1. The lowest BCUT2D eigenvalue weighted by Crippen LogP contribution is -2.07. The number of carbonyl (C=O) groups is 1. The molecule has 0 aliphatic rings. The molecule has 0 amide bonds. The summed E-state index contributed by atoms with van der Waals surface area (Å²) in [5.74, 6) is 0.326. The van der Waals surface area contributed by atoms with Gasteiger partial charge in [0.15, 0.2) is 5.75 Å². The van der Waals surface area contributed by atoms with Crippen molar-refractivity contribution in [3.63, 3.8) is 0 Å². The Morgan fingerprint density at radius 2 is 2.12 bits per heavy atom. The van der Waals surface area contributed by atoms with Gasteiger partial charge in [0, 0.05) is 18.2 Å². The molecule has 0 aromatic heterocycles. The van der Waals surface area contributed by atoms with Gasteiger partial charge in [-0.05, 0) is 18.6 Å². The minimum atomic E-state index is -0.415. The number of hydrogen-bond acceptors (Lipinski definition) is 5. The van der Waals surface area contributed by atoms with Crippen molar-refractivity contribution in [3.8, 4) is 11.5 Å². The van der Waals surface area contributed by atoms with Crippen molar-refractivity contribution in [2.75, 3.05) is 12.8 Å². The number of carbonyl (C=O) groups excluding carboxylic acids is 1. The number of nitrogen functional groups attached to an aromatic ring is 1. The Bertz CT molecular complexity index is 365. The predicted octanol–water partition coefficient (Wildman–Crippen LogP) is 1.91. The van der Waals surface area contributed by atoms with E-state index in [4.69, 9.17) is 15.4 Å². The monoisotopic (exact) mass is 225 g/mol. The number of nitrogens with two attached hydrogens (primary N) is 1. The third-order valence-corrected chi connectivity index (χ3v) is 1.87. The van der Waals surface area contributed by atoms with E-state index in [0.29, 0.717) is 30.0 Å². The van der Waals surface area contributed by atoms with E-state index < -0.39 is 5.97 Å². The second kappa shape index (κ2) is 5.85. The molecular weight excluding hydrogens is 210 g/mol. The lowest BCUT2D eigenvalue weighted by molar-refractivity contribution is -0.214. The lowest BCUT2D eigenvalue weighted by atomic mass is 10.3. The number of benzene rings is 1. The topological polar surface area (TPSA) is 70.8 Å². The van der Waals surface area contributed by atoms with Crippen LogP contribution in [0.1, 0.15) is 19.8 Å². The van der Waals surface area contributed by atoms with Crippen molar-refractivity contribution in [1.29, 1.82) is 0 Å². The summed E-state index contributed by atoms with van der Waals surface area (Å²) in [7, 11) is 1.48. The Kier molecular flexibility index (Phi) is 4.44. The third kappa shape index (κ3) is 3.34. The summed E-state index contributed by atoms with van der Waals surface area (Å²) in [5.41, 5.74) is 6.11. The van der Waals surface area contributed by atoms with Crippen molar-refractivity contribution in [2.24, 2.45) is 0 Å². The van der Waals surface area contributed by atoms with Crippen LogP contribution in [-0.4, -0.2) is 13.1 Å². The average Bonchev–Trinajstić information content (AvgIpc) is 2.27. The van der Waals surface area contributed by atoms with E-state index in [-0.39, 0.29) is 0 Å². The highest BCUT2D eigenvalue weighted by Crippen LogP contribution is 2.29. The van der Waals surface area contributed by atoms with Gasteiger partial charge in [-0.2, -0.15) is 0 Å². The summed E-state index contributed by atoms with van der Waals surface area (Å²) in [4.78, 5) is 20.5. The van der Waals surface area contributed by atoms with Gasteiger partial charge in [0.05, 0.1) is 7.11 Å². The quantitative estimate of drug-likeness (QED) is 0.471. The van der Waals surface area contributed by atoms with Gasteiger partial charge in [0.2, 0.25) is 5.75 Å².